The number of nitrogens with one attached hydrogen (secondary N) is 1. The third kappa shape index (κ3) is 6.52. The molecular formula is C22H21ClF2IN5O4. The van der Waals surface area contributed by atoms with Crippen molar-refractivity contribution in [1.29, 1.82) is 0 Å². The molecule has 0 spiro atoms. The molecule has 1 atom stereocenters. The average Bonchev–Trinajstić information content (AvgIpc) is 3.21. The number of benzene rings is 2. The summed E-state index contributed by atoms with van der Waals surface area (Å²) >= 11 is 7.88. The Labute approximate surface area is 218 Å². The molecule has 35 heavy (non-hydrogen) atoms. The first-order valence-electron chi connectivity index (χ1n) is 10.2. The summed E-state index contributed by atoms with van der Waals surface area (Å²) in [6, 6.07) is 9.33. The Morgan fingerprint density at radius 2 is 2.09 bits per heavy atom. The van der Waals surface area contributed by atoms with Crippen molar-refractivity contribution in [1.82, 2.24) is 15.6 Å². The Morgan fingerprint density at radius 1 is 1.34 bits per heavy atom. The zero-order chi connectivity index (χ0) is 25.5. The minimum atomic E-state index is -0.713. The van der Waals surface area contributed by atoms with Crippen LogP contribution >= 0.6 is 34.2 Å². The van der Waals surface area contributed by atoms with Gasteiger partial charge < -0.3 is 10.3 Å². The van der Waals surface area contributed by atoms with E-state index < -0.39 is 23.6 Å². The van der Waals surface area contributed by atoms with Crippen LogP contribution in [0.1, 0.15) is 12.5 Å². The quantitative estimate of drug-likeness (QED) is 0.191. The molecule has 186 valence electrons. The maximum atomic E-state index is 13.7. The van der Waals surface area contributed by atoms with Crippen LogP contribution in [0.15, 0.2) is 47.0 Å². The zero-order valence-electron chi connectivity index (χ0n) is 18.4. The lowest BCUT2D eigenvalue weighted by molar-refractivity contribution is -0.137. The number of amides is 2. The Hall–Kier alpha value is -2.65. The molecule has 3 aromatic rings. The number of halogens is 4. The Balaban J connectivity index is 1.71. The second-order valence-electron chi connectivity index (χ2n) is 7.21. The van der Waals surface area contributed by atoms with Gasteiger partial charge in [0.1, 0.15) is 15.2 Å². The van der Waals surface area contributed by atoms with Gasteiger partial charge in [0.2, 0.25) is 18.1 Å². The van der Waals surface area contributed by atoms with Crippen LogP contribution in [0.25, 0.3) is 11.3 Å². The van der Waals surface area contributed by atoms with Crippen LogP contribution in [-0.4, -0.2) is 41.7 Å². The first-order valence-corrected chi connectivity index (χ1v) is 11.7. The molecule has 13 heteroatoms. The van der Waals surface area contributed by atoms with E-state index >= 15 is 0 Å². The van der Waals surface area contributed by atoms with E-state index in [4.69, 9.17) is 26.7 Å². The van der Waals surface area contributed by atoms with Crippen molar-refractivity contribution in [2.45, 2.75) is 19.5 Å². The number of hydrogen-bond acceptors (Lipinski definition) is 7. The lowest BCUT2D eigenvalue weighted by Crippen LogP contribution is -2.54. The third-order valence-electron chi connectivity index (χ3n) is 4.86. The monoisotopic (exact) mass is 619 g/mol. The summed E-state index contributed by atoms with van der Waals surface area (Å²) in [5, 5.41) is 5.84. The molecule has 0 saturated heterocycles. The van der Waals surface area contributed by atoms with Crippen LogP contribution in [0.4, 0.5) is 14.6 Å². The zero-order valence-corrected chi connectivity index (χ0v) is 21.3. The van der Waals surface area contributed by atoms with Crippen LogP contribution in [-0.2, 0) is 21.0 Å². The fourth-order valence-corrected chi connectivity index (χ4v) is 4.06. The van der Waals surface area contributed by atoms with Crippen molar-refractivity contribution >= 4 is 52.3 Å². The van der Waals surface area contributed by atoms with Crippen LogP contribution < -0.4 is 16.2 Å². The maximum Gasteiger partial charge on any atom is 0.239 e. The Kier molecular flexibility index (Phi) is 9.51. The van der Waals surface area contributed by atoms with Crippen LogP contribution in [0.2, 0.25) is 5.02 Å². The van der Waals surface area contributed by atoms with Gasteiger partial charge >= 0.3 is 0 Å². The van der Waals surface area contributed by atoms with Gasteiger partial charge in [0, 0.05) is 25.6 Å². The lowest BCUT2D eigenvalue weighted by Gasteiger charge is -2.31. The number of nitrogens with two attached hydrogens (primary N) is 1. The molecule has 1 heterocycles. The second kappa shape index (κ2) is 12.4. The number of anilines is 1. The molecule has 0 bridgehead atoms. The summed E-state index contributed by atoms with van der Waals surface area (Å²) < 4.78 is 33.0. The van der Waals surface area contributed by atoms with Crippen molar-refractivity contribution in [3.8, 4) is 11.3 Å². The van der Waals surface area contributed by atoms with Gasteiger partial charge in [-0.3, -0.25) is 19.4 Å². The number of nitrogens with zero attached hydrogens (tertiary/aromatic N) is 3. The molecule has 0 aliphatic carbocycles. The highest BCUT2D eigenvalue weighted by atomic mass is 127. The van der Waals surface area contributed by atoms with Gasteiger partial charge in [0.05, 0.1) is 17.7 Å². The van der Waals surface area contributed by atoms with Gasteiger partial charge in [-0.05, 0) is 46.4 Å². The summed E-state index contributed by atoms with van der Waals surface area (Å²) in [7, 11) is 0. The van der Waals surface area contributed by atoms with Gasteiger partial charge in [-0.15, -0.1) is 0 Å². The van der Waals surface area contributed by atoms with Crippen molar-refractivity contribution in [2.75, 3.05) is 18.2 Å². The highest BCUT2D eigenvalue weighted by molar-refractivity contribution is 14.1. The summed E-state index contributed by atoms with van der Waals surface area (Å²) in [6.07, 6.45) is 0.376. The molecule has 0 radical (unpaired) electrons. The molecule has 0 aliphatic heterocycles. The van der Waals surface area contributed by atoms with Crippen molar-refractivity contribution in [2.24, 2.45) is 5.73 Å². The second-order valence-corrected chi connectivity index (χ2v) is 8.67. The Morgan fingerprint density at radius 3 is 2.74 bits per heavy atom. The van der Waals surface area contributed by atoms with Gasteiger partial charge in [-0.1, -0.05) is 41.0 Å². The normalized spacial score (nSPS) is 11.8. The predicted octanol–water partition coefficient (Wildman–Crippen LogP) is 3.65. The number of hydrazine groups is 1. The Bertz CT molecular complexity index is 1200. The molecule has 0 aliphatic rings. The summed E-state index contributed by atoms with van der Waals surface area (Å²) in [5.74, 6) is -1.13. The number of hydroxylamine groups is 1. The van der Waals surface area contributed by atoms with Gasteiger partial charge in [0.25, 0.3) is 0 Å². The highest BCUT2D eigenvalue weighted by Gasteiger charge is 2.25. The molecule has 3 rings (SSSR count). The lowest BCUT2D eigenvalue weighted by atomic mass is 10.2. The van der Waals surface area contributed by atoms with E-state index in [0.717, 1.165) is 5.06 Å². The van der Waals surface area contributed by atoms with E-state index in [-0.39, 0.29) is 36.3 Å². The van der Waals surface area contributed by atoms with Gasteiger partial charge in [0.15, 0.2) is 5.76 Å². The average molecular weight is 620 g/mol. The van der Waals surface area contributed by atoms with Crippen LogP contribution in [0.3, 0.4) is 0 Å². The van der Waals surface area contributed by atoms with E-state index in [2.05, 4.69) is 10.6 Å². The van der Waals surface area contributed by atoms with E-state index in [1.807, 2.05) is 22.6 Å². The molecule has 2 amide bonds. The minimum Gasteiger partial charge on any atom is -0.353 e. The largest absolute Gasteiger partial charge is 0.353 e. The van der Waals surface area contributed by atoms with E-state index in [1.54, 1.807) is 12.1 Å². The smallest absolute Gasteiger partial charge is 0.239 e. The number of hydrogen-bond donors (Lipinski definition) is 2. The number of carbonyl (C=O) groups is 2. The molecule has 3 N–H and O–H groups in total. The highest BCUT2D eigenvalue weighted by Crippen LogP contribution is 2.32. The topological polar surface area (TPSA) is 114 Å². The molecular weight excluding hydrogens is 599 g/mol. The minimum absolute atomic E-state index is 0.0272. The molecule has 0 fully saturated rings. The van der Waals surface area contributed by atoms with Crippen molar-refractivity contribution in [3.63, 3.8) is 0 Å². The summed E-state index contributed by atoms with van der Waals surface area (Å²) in [4.78, 5) is 29.5. The van der Waals surface area contributed by atoms with E-state index in [0.29, 0.717) is 21.1 Å². The summed E-state index contributed by atoms with van der Waals surface area (Å²) in [6.45, 7) is 1.13. The number of aromatic nitrogens is 1. The fourth-order valence-electron chi connectivity index (χ4n) is 3.13. The predicted molar refractivity (Wildman–Crippen MR) is 133 cm³/mol. The maximum absolute atomic E-state index is 13.7. The SMILES string of the molecule is CC(=O)N(NCc1cccc(F)c1Cl)[C@@H](CN)CON(C=O)c1noc(-c2cccc(F)c2)c1I. The van der Waals surface area contributed by atoms with Crippen LogP contribution in [0, 0.1) is 15.2 Å². The number of rotatable bonds is 11. The molecule has 9 nitrogen and oxygen atoms in total. The molecule has 0 unspecified atom stereocenters. The molecule has 1 aromatic heterocycles. The van der Waals surface area contributed by atoms with E-state index in [9.17, 15) is 18.4 Å². The van der Waals surface area contributed by atoms with Crippen molar-refractivity contribution < 1.29 is 27.7 Å². The van der Waals surface area contributed by atoms with Gasteiger partial charge in [-0.25, -0.2) is 14.2 Å². The van der Waals surface area contributed by atoms with Crippen molar-refractivity contribution in [3.05, 3.63) is 68.3 Å². The fraction of sp³-hybridized carbons (Fsp3) is 0.227. The standard InChI is InChI=1S/C22H21ClF2IN5O4/c1-13(33)31(28-10-15-5-3-7-18(25)19(15)23)17(9-27)11-34-30(12-32)22-20(26)21(35-29-22)14-4-2-6-16(24)8-14/h2-8,12,17,28H,9-11,27H2,1H3/t17-/m0/s1. The van der Waals surface area contributed by atoms with E-state index in [1.165, 1.54) is 42.3 Å². The molecule has 2 aromatic carbocycles. The van der Waals surface area contributed by atoms with Gasteiger partial charge in [-0.2, -0.15) is 5.06 Å². The number of carbonyl (C=O) groups excluding carboxylic acids is 2. The third-order valence-corrected chi connectivity index (χ3v) is 6.26. The first-order chi connectivity index (χ1) is 16.8. The van der Waals surface area contributed by atoms with Crippen LogP contribution in [0.5, 0.6) is 0 Å². The molecule has 0 saturated carbocycles. The summed E-state index contributed by atoms with van der Waals surface area (Å²) in [5.41, 5.74) is 9.59. The first kappa shape index (κ1) is 26.9.